The van der Waals surface area contributed by atoms with Gasteiger partial charge in [-0.25, -0.2) is 9.18 Å². The van der Waals surface area contributed by atoms with E-state index in [0.717, 1.165) is 0 Å². The SMILES string of the molecule is CCC(C)(NC(=O)c1oc2c(F)cccc2c1C)C(=O)O. The Bertz CT molecular complexity index is 722. The fraction of sp³-hybridized carbons (Fsp3) is 0.333. The van der Waals surface area contributed by atoms with Crippen molar-refractivity contribution >= 4 is 22.8 Å². The van der Waals surface area contributed by atoms with Gasteiger partial charge >= 0.3 is 5.97 Å². The van der Waals surface area contributed by atoms with Crippen LogP contribution in [-0.4, -0.2) is 22.5 Å². The Labute approximate surface area is 120 Å². The second-order valence-electron chi connectivity index (χ2n) is 5.12. The highest BCUT2D eigenvalue weighted by Crippen LogP contribution is 2.27. The number of carboxylic acids is 1. The second-order valence-corrected chi connectivity index (χ2v) is 5.12. The molecule has 0 bridgehead atoms. The first-order chi connectivity index (χ1) is 9.80. The summed E-state index contributed by atoms with van der Waals surface area (Å²) >= 11 is 0. The van der Waals surface area contributed by atoms with Crippen molar-refractivity contribution in [3.63, 3.8) is 0 Å². The molecule has 0 spiro atoms. The number of furan rings is 1. The Morgan fingerprint density at radius 1 is 1.43 bits per heavy atom. The predicted molar refractivity (Wildman–Crippen MR) is 74.7 cm³/mol. The van der Waals surface area contributed by atoms with E-state index >= 15 is 0 Å². The molecule has 0 aliphatic carbocycles. The lowest BCUT2D eigenvalue weighted by Crippen LogP contribution is -2.51. The number of para-hydroxylation sites is 1. The minimum absolute atomic E-state index is 0.00586. The number of hydrogen-bond acceptors (Lipinski definition) is 3. The second kappa shape index (κ2) is 5.20. The zero-order valence-corrected chi connectivity index (χ0v) is 12.0. The first-order valence-corrected chi connectivity index (χ1v) is 6.53. The summed E-state index contributed by atoms with van der Waals surface area (Å²) in [5.41, 5.74) is -0.930. The van der Waals surface area contributed by atoms with Crippen LogP contribution in [-0.2, 0) is 4.79 Å². The fourth-order valence-electron chi connectivity index (χ4n) is 2.03. The number of aryl methyl sites for hydroxylation is 1. The van der Waals surface area contributed by atoms with Crippen molar-refractivity contribution in [3.8, 4) is 0 Å². The van der Waals surface area contributed by atoms with Crippen LogP contribution in [0.15, 0.2) is 22.6 Å². The molecule has 6 heteroatoms. The van der Waals surface area contributed by atoms with Crippen LogP contribution in [0.3, 0.4) is 0 Å². The van der Waals surface area contributed by atoms with E-state index in [0.29, 0.717) is 10.9 Å². The van der Waals surface area contributed by atoms with Crippen molar-refractivity contribution < 1.29 is 23.5 Å². The van der Waals surface area contributed by atoms with Gasteiger partial charge in [-0.2, -0.15) is 0 Å². The Balaban J connectivity index is 2.43. The number of halogens is 1. The van der Waals surface area contributed by atoms with Gasteiger partial charge in [0.1, 0.15) is 5.54 Å². The van der Waals surface area contributed by atoms with E-state index in [9.17, 15) is 19.1 Å². The molecule has 2 rings (SSSR count). The average Bonchev–Trinajstić information content (AvgIpc) is 2.77. The standard InChI is InChI=1S/C15H16FNO4/c1-4-15(3,14(19)20)17-13(18)11-8(2)9-6-5-7-10(16)12(9)21-11/h5-7H,4H2,1-3H3,(H,17,18)(H,19,20). The van der Waals surface area contributed by atoms with Crippen molar-refractivity contribution in [1.82, 2.24) is 5.32 Å². The van der Waals surface area contributed by atoms with Gasteiger partial charge in [0.2, 0.25) is 0 Å². The molecule has 5 nitrogen and oxygen atoms in total. The van der Waals surface area contributed by atoms with Crippen LogP contribution in [0, 0.1) is 12.7 Å². The molecular formula is C15H16FNO4. The van der Waals surface area contributed by atoms with Crippen LogP contribution >= 0.6 is 0 Å². The van der Waals surface area contributed by atoms with E-state index in [1.54, 1.807) is 19.9 Å². The zero-order valence-electron chi connectivity index (χ0n) is 12.0. The van der Waals surface area contributed by atoms with Gasteiger partial charge in [-0.15, -0.1) is 0 Å². The highest BCUT2D eigenvalue weighted by molar-refractivity contribution is 6.01. The molecule has 1 atom stereocenters. The predicted octanol–water partition coefficient (Wildman–Crippen LogP) is 2.86. The van der Waals surface area contributed by atoms with Crippen molar-refractivity contribution in [3.05, 3.63) is 35.3 Å². The molecular weight excluding hydrogens is 277 g/mol. The monoisotopic (exact) mass is 293 g/mol. The molecule has 1 heterocycles. The van der Waals surface area contributed by atoms with Gasteiger partial charge in [0.15, 0.2) is 17.2 Å². The molecule has 0 aliphatic rings. The number of carboxylic acid groups (broad SMARTS) is 1. The molecule has 1 aromatic heterocycles. The van der Waals surface area contributed by atoms with Crippen molar-refractivity contribution in [1.29, 1.82) is 0 Å². The Hall–Kier alpha value is -2.37. The quantitative estimate of drug-likeness (QED) is 0.908. The number of aliphatic carboxylic acids is 1. The van der Waals surface area contributed by atoms with Crippen molar-refractivity contribution in [2.75, 3.05) is 0 Å². The maximum Gasteiger partial charge on any atom is 0.329 e. The van der Waals surface area contributed by atoms with Crippen LogP contribution in [0.1, 0.15) is 36.4 Å². The minimum Gasteiger partial charge on any atom is -0.480 e. The smallest absolute Gasteiger partial charge is 0.329 e. The van der Waals surface area contributed by atoms with Gasteiger partial charge in [0, 0.05) is 10.9 Å². The molecule has 1 amide bonds. The minimum atomic E-state index is -1.40. The molecule has 0 radical (unpaired) electrons. The van der Waals surface area contributed by atoms with Crippen LogP contribution in [0.2, 0.25) is 0 Å². The van der Waals surface area contributed by atoms with Gasteiger partial charge in [0.05, 0.1) is 0 Å². The molecule has 112 valence electrons. The molecule has 0 saturated carbocycles. The molecule has 1 aromatic carbocycles. The normalized spacial score (nSPS) is 13.9. The van der Waals surface area contributed by atoms with Crippen LogP contribution < -0.4 is 5.32 Å². The summed E-state index contributed by atoms with van der Waals surface area (Å²) in [5.74, 6) is -2.45. The number of amides is 1. The van der Waals surface area contributed by atoms with Crippen LogP contribution in [0.4, 0.5) is 4.39 Å². The Morgan fingerprint density at radius 2 is 2.10 bits per heavy atom. The van der Waals surface area contributed by atoms with Gasteiger partial charge < -0.3 is 14.8 Å². The number of carbonyl (C=O) groups is 2. The lowest BCUT2D eigenvalue weighted by molar-refractivity contribution is -0.143. The van der Waals surface area contributed by atoms with E-state index in [1.165, 1.54) is 19.1 Å². The maximum atomic E-state index is 13.7. The zero-order chi connectivity index (χ0) is 15.8. The van der Waals surface area contributed by atoms with Gasteiger partial charge in [-0.3, -0.25) is 4.79 Å². The van der Waals surface area contributed by atoms with E-state index in [1.807, 2.05) is 0 Å². The van der Waals surface area contributed by atoms with Crippen molar-refractivity contribution in [2.45, 2.75) is 32.7 Å². The summed E-state index contributed by atoms with van der Waals surface area (Å²) in [6, 6.07) is 4.40. The number of benzene rings is 1. The molecule has 2 N–H and O–H groups in total. The molecule has 0 aliphatic heterocycles. The first-order valence-electron chi connectivity index (χ1n) is 6.53. The number of fused-ring (bicyclic) bond motifs is 1. The maximum absolute atomic E-state index is 13.7. The number of nitrogens with one attached hydrogen (secondary N) is 1. The highest BCUT2D eigenvalue weighted by atomic mass is 19.1. The summed E-state index contributed by atoms with van der Waals surface area (Å²) in [4.78, 5) is 23.5. The van der Waals surface area contributed by atoms with Gasteiger partial charge in [-0.1, -0.05) is 19.1 Å². The highest BCUT2D eigenvalue weighted by Gasteiger charge is 2.34. The lowest BCUT2D eigenvalue weighted by Gasteiger charge is -2.24. The van der Waals surface area contributed by atoms with E-state index in [-0.39, 0.29) is 17.8 Å². The lowest BCUT2D eigenvalue weighted by atomic mass is 9.99. The molecule has 1 unspecified atom stereocenters. The molecule has 0 fully saturated rings. The summed E-state index contributed by atoms with van der Waals surface area (Å²) in [5, 5.41) is 12.1. The van der Waals surface area contributed by atoms with E-state index < -0.39 is 23.2 Å². The first kappa shape index (κ1) is 15.0. The molecule has 21 heavy (non-hydrogen) atoms. The number of hydrogen-bond donors (Lipinski definition) is 2. The van der Waals surface area contributed by atoms with Gasteiger partial charge in [-0.05, 0) is 26.3 Å². The van der Waals surface area contributed by atoms with E-state index in [2.05, 4.69) is 5.32 Å². The summed E-state index contributed by atoms with van der Waals surface area (Å²) in [6.45, 7) is 4.69. The largest absolute Gasteiger partial charge is 0.480 e. The van der Waals surface area contributed by atoms with Gasteiger partial charge in [0.25, 0.3) is 5.91 Å². The summed E-state index contributed by atoms with van der Waals surface area (Å²) in [7, 11) is 0. The van der Waals surface area contributed by atoms with Crippen LogP contribution in [0.5, 0.6) is 0 Å². The van der Waals surface area contributed by atoms with E-state index in [4.69, 9.17) is 4.42 Å². The third kappa shape index (κ3) is 2.49. The average molecular weight is 293 g/mol. The molecule has 2 aromatic rings. The number of rotatable bonds is 4. The Kier molecular flexibility index (Phi) is 3.72. The summed E-state index contributed by atoms with van der Waals surface area (Å²) in [6.07, 6.45) is 0.210. The third-order valence-corrected chi connectivity index (χ3v) is 3.69. The molecule has 0 saturated heterocycles. The number of carbonyl (C=O) groups excluding carboxylic acids is 1. The summed E-state index contributed by atoms with van der Waals surface area (Å²) < 4.78 is 18.9. The Morgan fingerprint density at radius 3 is 2.62 bits per heavy atom. The fourth-order valence-corrected chi connectivity index (χ4v) is 2.03. The van der Waals surface area contributed by atoms with Crippen molar-refractivity contribution in [2.24, 2.45) is 0 Å². The topological polar surface area (TPSA) is 79.5 Å². The van der Waals surface area contributed by atoms with Crippen LogP contribution in [0.25, 0.3) is 11.0 Å². The third-order valence-electron chi connectivity index (χ3n) is 3.69.